The fourth-order valence-electron chi connectivity index (χ4n) is 1.13. The first-order valence-corrected chi connectivity index (χ1v) is 5.60. The van der Waals surface area contributed by atoms with Crippen LogP contribution in [0.3, 0.4) is 0 Å². The van der Waals surface area contributed by atoms with Crippen molar-refractivity contribution >= 4 is 5.91 Å². The zero-order valence-electron chi connectivity index (χ0n) is 9.97. The van der Waals surface area contributed by atoms with E-state index in [0.29, 0.717) is 19.0 Å². The normalized spacial score (nSPS) is 14.0. The number of terminal acetylenes is 1. The minimum Gasteiger partial charge on any atom is -0.351 e. The number of carbonyl (C=O) groups is 1. The van der Waals surface area contributed by atoms with E-state index in [9.17, 15) is 4.79 Å². The highest BCUT2D eigenvalue weighted by molar-refractivity contribution is 5.78. The van der Waals surface area contributed by atoms with Crippen molar-refractivity contribution in [3.8, 4) is 12.3 Å². The molecule has 2 unspecified atom stereocenters. The van der Waals surface area contributed by atoms with Crippen LogP contribution in [0.2, 0.25) is 0 Å². The lowest BCUT2D eigenvalue weighted by atomic mass is 10.1. The van der Waals surface area contributed by atoms with Crippen LogP contribution in [0.25, 0.3) is 0 Å². The highest BCUT2D eigenvalue weighted by Crippen LogP contribution is 1.95. The number of amides is 1. The Morgan fingerprint density at radius 1 is 1.40 bits per heavy atom. The van der Waals surface area contributed by atoms with Gasteiger partial charge in [0, 0.05) is 18.5 Å². The van der Waals surface area contributed by atoms with Gasteiger partial charge in [-0.05, 0) is 19.8 Å². The van der Waals surface area contributed by atoms with Crippen LogP contribution in [0, 0.1) is 12.3 Å². The molecule has 0 rings (SSSR count). The predicted octanol–water partition coefficient (Wildman–Crippen LogP) is 1.29. The summed E-state index contributed by atoms with van der Waals surface area (Å²) in [6.45, 7) is 6.54. The lowest BCUT2D eigenvalue weighted by Gasteiger charge is -2.16. The summed E-state index contributed by atoms with van der Waals surface area (Å²) in [6, 6.07) is 0.490. The maximum Gasteiger partial charge on any atom is 0.234 e. The smallest absolute Gasteiger partial charge is 0.234 e. The molecule has 2 atom stereocenters. The molecule has 86 valence electrons. The third-order valence-corrected chi connectivity index (χ3v) is 2.45. The van der Waals surface area contributed by atoms with Crippen LogP contribution < -0.4 is 10.6 Å². The SMILES string of the molecule is C#CCC(CC)NC(=O)CNC(C)CC. The molecule has 0 aliphatic carbocycles. The Hall–Kier alpha value is -1.01. The van der Waals surface area contributed by atoms with Gasteiger partial charge < -0.3 is 10.6 Å². The van der Waals surface area contributed by atoms with Crippen LogP contribution >= 0.6 is 0 Å². The van der Waals surface area contributed by atoms with Crippen molar-refractivity contribution in [2.75, 3.05) is 6.54 Å². The molecule has 0 saturated carbocycles. The second kappa shape index (κ2) is 8.31. The van der Waals surface area contributed by atoms with E-state index in [2.05, 4.69) is 30.4 Å². The topological polar surface area (TPSA) is 41.1 Å². The van der Waals surface area contributed by atoms with Crippen molar-refractivity contribution in [3.05, 3.63) is 0 Å². The van der Waals surface area contributed by atoms with E-state index in [-0.39, 0.29) is 11.9 Å². The van der Waals surface area contributed by atoms with Gasteiger partial charge in [-0.25, -0.2) is 0 Å². The van der Waals surface area contributed by atoms with Gasteiger partial charge in [0.05, 0.1) is 6.54 Å². The van der Waals surface area contributed by atoms with Gasteiger partial charge in [0.2, 0.25) is 5.91 Å². The van der Waals surface area contributed by atoms with E-state index in [1.165, 1.54) is 0 Å². The summed E-state index contributed by atoms with van der Waals surface area (Å²) >= 11 is 0. The summed E-state index contributed by atoms with van der Waals surface area (Å²) < 4.78 is 0. The first-order chi connectivity index (χ1) is 7.13. The zero-order chi connectivity index (χ0) is 11.7. The molecule has 0 spiro atoms. The summed E-state index contributed by atoms with van der Waals surface area (Å²) in [7, 11) is 0. The number of hydrogen-bond acceptors (Lipinski definition) is 2. The van der Waals surface area contributed by atoms with Crippen molar-refractivity contribution in [1.82, 2.24) is 10.6 Å². The lowest BCUT2D eigenvalue weighted by Crippen LogP contribution is -2.42. The van der Waals surface area contributed by atoms with Gasteiger partial charge in [-0.2, -0.15) is 0 Å². The van der Waals surface area contributed by atoms with Crippen LogP contribution in [0.1, 0.15) is 40.0 Å². The fourth-order valence-corrected chi connectivity index (χ4v) is 1.13. The molecule has 0 saturated heterocycles. The van der Waals surface area contributed by atoms with Crippen molar-refractivity contribution in [2.24, 2.45) is 0 Å². The van der Waals surface area contributed by atoms with Gasteiger partial charge in [-0.1, -0.05) is 13.8 Å². The quantitative estimate of drug-likeness (QED) is 0.622. The molecule has 0 aromatic carbocycles. The molecule has 0 radical (unpaired) electrons. The van der Waals surface area contributed by atoms with Gasteiger partial charge in [0.25, 0.3) is 0 Å². The van der Waals surface area contributed by atoms with Crippen LogP contribution in [-0.4, -0.2) is 24.5 Å². The fraction of sp³-hybridized carbons (Fsp3) is 0.750. The average Bonchev–Trinajstić information content (AvgIpc) is 2.25. The maximum atomic E-state index is 11.5. The van der Waals surface area contributed by atoms with Gasteiger partial charge in [0.1, 0.15) is 0 Å². The summed E-state index contributed by atoms with van der Waals surface area (Å²) in [5.74, 6) is 2.59. The van der Waals surface area contributed by atoms with E-state index in [1.807, 2.05) is 6.92 Å². The number of rotatable bonds is 7. The highest BCUT2D eigenvalue weighted by atomic mass is 16.1. The van der Waals surface area contributed by atoms with Crippen molar-refractivity contribution in [1.29, 1.82) is 0 Å². The van der Waals surface area contributed by atoms with Crippen LogP contribution in [-0.2, 0) is 4.79 Å². The van der Waals surface area contributed by atoms with E-state index >= 15 is 0 Å². The summed E-state index contributed by atoms with van der Waals surface area (Å²) in [5, 5.41) is 6.04. The lowest BCUT2D eigenvalue weighted by molar-refractivity contribution is -0.121. The van der Waals surface area contributed by atoms with E-state index < -0.39 is 0 Å². The van der Waals surface area contributed by atoms with Crippen molar-refractivity contribution in [2.45, 2.75) is 52.1 Å². The summed E-state index contributed by atoms with van der Waals surface area (Å²) in [6.07, 6.45) is 7.71. The van der Waals surface area contributed by atoms with E-state index in [0.717, 1.165) is 12.8 Å². The Morgan fingerprint density at radius 2 is 2.07 bits per heavy atom. The van der Waals surface area contributed by atoms with Crippen LogP contribution in [0.15, 0.2) is 0 Å². The minimum atomic E-state index is 0.0254. The molecule has 0 bridgehead atoms. The van der Waals surface area contributed by atoms with Crippen molar-refractivity contribution < 1.29 is 4.79 Å². The maximum absolute atomic E-state index is 11.5. The zero-order valence-corrected chi connectivity index (χ0v) is 9.97. The molecule has 0 aromatic rings. The standard InChI is InChI=1S/C12H22N2O/c1-5-8-11(7-3)14-12(15)9-13-10(4)6-2/h1,10-11,13H,6-9H2,2-4H3,(H,14,15). The van der Waals surface area contributed by atoms with Gasteiger partial charge in [-0.3, -0.25) is 4.79 Å². The molecule has 0 aliphatic rings. The van der Waals surface area contributed by atoms with Gasteiger partial charge in [0.15, 0.2) is 0 Å². The molecule has 1 amide bonds. The Labute approximate surface area is 93.0 Å². The first kappa shape index (κ1) is 14.0. The molecule has 15 heavy (non-hydrogen) atoms. The second-order valence-corrected chi connectivity index (χ2v) is 3.77. The molecule has 0 heterocycles. The average molecular weight is 210 g/mol. The van der Waals surface area contributed by atoms with E-state index in [1.54, 1.807) is 0 Å². The molecule has 2 N–H and O–H groups in total. The third kappa shape index (κ3) is 6.98. The predicted molar refractivity (Wildman–Crippen MR) is 63.4 cm³/mol. The number of nitrogens with one attached hydrogen (secondary N) is 2. The largest absolute Gasteiger partial charge is 0.351 e. The number of carbonyl (C=O) groups excluding carboxylic acids is 1. The molecule has 0 aromatic heterocycles. The molecular formula is C12H22N2O. The Kier molecular flexibility index (Phi) is 7.75. The summed E-state index contributed by atoms with van der Waals surface area (Å²) in [5.41, 5.74) is 0. The van der Waals surface area contributed by atoms with Crippen molar-refractivity contribution in [3.63, 3.8) is 0 Å². The monoisotopic (exact) mass is 210 g/mol. The molecule has 0 aliphatic heterocycles. The van der Waals surface area contributed by atoms with Gasteiger partial charge >= 0.3 is 0 Å². The first-order valence-electron chi connectivity index (χ1n) is 5.60. The molecule has 0 fully saturated rings. The Balaban J connectivity index is 3.77. The third-order valence-electron chi connectivity index (χ3n) is 2.45. The molecule has 3 nitrogen and oxygen atoms in total. The Morgan fingerprint density at radius 3 is 2.53 bits per heavy atom. The second-order valence-electron chi connectivity index (χ2n) is 3.77. The Bertz CT molecular complexity index is 220. The minimum absolute atomic E-state index is 0.0254. The summed E-state index contributed by atoms with van der Waals surface area (Å²) in [4.78, 5) is 11.5. The van der Waals surface area contributed by atoms with Crippen LogP contribution in [0.4, 0.5) is 0 Å². The highest BCUT2D eigenvalue weighted by Gasteiger charge is 2.09. The van der Waals surface area contributed by atoms with Crippen LogP contribution in [0.5, 0.6) is 0 Å². The molecular weight excluding hydrogens is 188 g/mol. The van der Waals surface area contributed by atoms with E-state index in [4.69, 9.17) is 6.42 Å². The van der Waals surface area contributed by atoms with Gasteiger partial charge in [-0.15, -0.1) is 12.3 Å². The number of hydrogen-bond donors (Lipinski definition) is 2. The molecule has 3 heteroatoms.